The second-order valence-corrected chi connectivity index (χ2v) is 7.67. The first kappa shape index (κ1) is 20.7. The van der Waals surface area contributed by atoms with Gasteiger partial charge < -0.3 is 4.74 Å². The van der Waals surface area contributed by atoms with E-state index in [1.54, 1.807) is 6.20 Å². The number of anilines is 2. The van der Waals surface area contributed by atoms with Crippen molar-refractivity contribution in [2.45, 2.75) is 31.7 Å². The molecule has 0 atom stereocenters. The van der Waals surface area contributed by atoms with E-state index in [1.807, 2.05) is 45.0 Å². The molecule has 0 fully saturated rings. The minimum Gasteiger partial charge on any atom is -0.494 e. The van der Waals surface area contributed by atoms with E-state index in [0.29, 0.717) is 29.2 Å². The van der Waals surface area contributed by atoms with Gasteiger partial charge in [0.1, 0.15) is 5.75 Å². The predicted molar refractivity (Wildman–Crippen MR) is 120 cm³/mol. The first-order chi connectivity index (χ1) is 15.0. The fourth-order valence-corrected chi connectivity index (χ4v) is 3.72. The van der Waals surface area contributed by atoms with Gasteiger partial charge in [0.05, 0.1) is 23.5 Å². The summed E-state index contributed by atoms with van der Waals surface area (Å²) in [5.74, 6) is 1.86. The van der Waals surface area contributed by atoms with Gasteiger partial charge >= 0.3 is 0 Å². The fourth-order valence-electron chi connectivity index (χ4n) is 2.95. The summed E-state index contributed by atoms with van der Waals surface area (Å²) in [5, 5.41) is 4.54. The Hall–Kier alpha value is -3.53. The molecule has 0 aliphatic carbocycles. The van der Waals surface area contributed by atoms with Crippen LogP contribution in [0.3, 0.4) is 0 Å². The average molecular weight is 436 g/mol. The molecule has 10 heteroatoms. The van der Waals surface area contributed by atoms with Crippen LogP contribution in [-0.4, -0.2) is 36.5 Å². The highest BCUT2D eigenvalue weighted by molar-refractivity contribution is 7.98. The van der Waals surface area contributed by atoms with Crippen LogP contribution in [-0.2, 0) is 5.75 Å². The third kappa shape index (κ3) is 5.15. The van der Waals surface area contributed by atoms with Crippen LogP contribution < -0.4 is 15.6 Å². The smallest absolute Gasteiger partial charge is 0.252 e. The molecule has 31 heavy (non-hydrogen) atoms. The number of hydrogen-bond donors (Lipinski definition) is 2. The van der Waals surface area contributed by atoms with Crippen molar-refractivity contribution in [1.29, 1.82) is 0 Å². The largest absolute Gasteiger partial charge is 0.494 e. The maximum atomic E-state index is 12.1. The van der Waals surface area contributed by atoms with Crippen LogP contribution >= 0.6 is 11.8 Å². The van der Waals surface area contributed by atoms with Crippen LogP contribution in [0.4, 0.5) is 11.9 Å². The third-order valence-electron chi connectivity index (χ3n) is 4.32. The van der Waals surface area contributed by atoms with Gasteiger partial charge in [-0.3, -0.25) is 15.1 Å². The van der Waals surface area contributed by atoms with Gasteiger partial charge in [-0.1, -0.05) is 11.8 Å². The first-order valence-electron chi connectivity index (χ1n) is 9.71. The van der Waals surface area contributed by atoms with Crippen molar-refractivity contribution in [3.63, 3.8) is 0 Å². The molecule has 0 saturated carbocycles. The topological polar surface area (TPSA) is 119 Å². The Morgan fingerprint density at radius 2 is 1.97 bits per heavy atom. The van der Waals surface area contributed by atoms with Gasteiger partial charge in [-0.2, -0.15) is 0 Å². The van der Waals surface area contributed by atoms with Crippen molar-refractivity contribution in [2.24, 2.45) is 0 Å². The number of nitrogens with zero attached hydrogens (tertiary/aromatic N) is 5. The van der Waals surface area contributed by atoms with Crippen molar-refractivity contribution in [1.82, 2.24) is 29.9 Å². The minimum absolute atomic E-state index is 0.267. The van der Waals surface area contributed by atoms with Crippen LogP contribution in [0.2, 0.25) is 0 Å². The number of aromatic amines is 1. The van der Waals surface area contributed by atoms with Crippen molar-refractivity contribution < 1.29 is 4.74 Å². The zero-order chi connectivity index (χ0) is 21.8. The Morgan fingerprint density at radius 3 is 2.77 bits per heavy atom. The normalized spacial score (nSPS) is 10.9. The molecule has 0 saturated heterocycles. The summed E-state index contributed by atoms with van der Waals surface area (Å²) in [4.78, 5) is 36.9. The molecule has 0 unspecified atom stereocenters. The van der Waals surface area contributed by atoms with Crippen LogP contribution in [0.25, 0.3) is 10.9 Å². The molecule has 4 rings (SSSR count). The number of benzene rings is 1. The Balaban J connectivity index is 1.55. The summed E-state index contributed by atoms with van der Waals surface area (Å²) in [6.45, 7) is 6.34. The minimum atomic E-state index is -0.267. The molecular formula is C21H21N7O2S. The number of aryl methyl sites for hydroxylation is 2. The third-order valence-corrected chi connectivity index (χ3v) is 5.21. The van der Waals surface area contributed by atoms with Gasteiger partial charge in [-0.05, 0) is 45.0 Å². The SMILES string of the molecule is CCOc1ccc2nc(Nc3nc(CSc4nccc(C)n4)cc(=O)[nH]3)nc(C)c2c1. The highest BCUT2D eigenvalue weighted by Gasteiger charge is 2.09. The standard InChI is InChI=1S/C21H21N7O2S/c1-4-30-15-5-6-17-16(10-15)13(3)24-19(26-17)28-20-25-14(9-18(29)27-20)11-31-21-22-8-7-12(2)23-21/h5-10H,4,11H2,1-3H3,(H2,24,25,26,27,28,29). The molecule has 9 nitrogen and oxygen atoms in total. The van der Waals surface area contributed by atoms with E-state index in [-0.39, 0.29) is 11.5 Å². The van der Waals surface area contributed by atoms with Crippen molar-refractivity contribution in [3.8, 4) is 5.75 Å². The molecule has 2 N–H and O–H groups in total. The zero-order valence-electron chi connectivity index (χ0n) is 17.3. The molecule has 3 aromatic heterocycles. The quantitative estimate of drug-likeness (QED) is 0.332. The van der Waals surface area contributed by atoms with Crippen molar-refractivity contribution in [3.05, 3.63) is 64.0 Å². The Morgan fingerprint density at radius 1 is 1.10 bits per heavy atom. The summed E-state index contributed by atoms with van der Waals surface area (Å²) < 4.78 is 5.55. The lowest BCUT2D eigenvalue weighted by Crippen LogP contribution is -2.13. The zero-order valence-corrected chi connectivity index (χ0v) is 18.2. The predicted octanol–water partition coefficient (Wildman–Crippen LogP) is 3.55. The van der Waals surface area contributed by atoms with Gasteiger partial charge in [0, 0.05) is 29.1 Å². The molecule has 0 spiro atoms. The van der Waals surface area contributed by atoms with Crippen LogP contribution in [0.5, 0.6) is 5.75 Å². The van der Waals surface area contributed by atoms with E-state index in [2.05, 4.69) is 35.2 Å². The number of aromatic nitrogens is 6. The highest BCUT2D eigenvalue weighted by Crippen LogP contribution is 2.24. The number of fused-ring (bicyclic) bond motifs is 1. The van der Waals surface area contributed by atoms with Crippen LogP contribution in [0.1, 0.15) is 24.0 Å². The summed E-state index contributed by atoms with van der Waals surface area (Å²) in [6, 6.07) is 8.96. The molecule has 3 heterocycles. The van der Waals surface area contributed by atoms with Gasteiger partial charge in [-0.15, -0.1) is 0 Å². The second kappa shape index (κ2) is 9.09. The molecular weight excluding hydrogens is 414 g/mol. The van der Waals surface area contributed by atoms with Crippen molar-refractivity contribution >= 4 is 34.6 Å². The summed E-state index contributed by atoms with van der Waals surface area (Å²) in [5.41, 5.74) is 2.78. The molecule has 0 bridgehead atoms. The van der Waals surface area contributed by atoms with E-state index < -0.39 is 0 Å². The van der Waals surface area contributed by atoms with E-state index >= 15 is 0 Å². The van der Waals surface area contributed by atoms with E-state index in [0.717, 1.165) is 28.0 Å². The first-order valence-corrected chi connectivity index (χ1v) is 10.7. The number of ether oxygens (including phenoxy) is 1. The maximum Gasteiger partial charge on any atom is 0.252 e. The lowest BCUT2D eigenvalue weighted by Gasteiger charge is -2.10. The number of rotatable bonds is 7. The lowest BCUT2D eigenvalue weighted by molar-refractivity contribution is 0.340. The Kier molecular flexibility index (Phi) is 6.08. The second-order valence-electron chi connectivity index (χ2n) is 6.72. The van der Waals surface area contributed by atoms with Gasteiger partial charge in [-0.25, -0.2) is 24.9 Å². The average Bonchev–Trinajstić information content (AvgIpc) is 2.73. The number of H-pyrrole nitrogens is 1. The molecule has 1 aromatic carbocycles. The number of nitrogens with one attached hydrogen (secondary N) is 2. The molecule has 0 amide bonds. The van der Waals surface area contributed by atoms with Crippen molar-refractivity contribution in [2.75, 3.05) is 11.9 Å². The summed E-state index contributed by atoms with van der Waals surface area (Å²) in [6.07, 6.45) is 1.71. The molecule has 0 aliphatic heterocycles. The Labute approximate surface area is 182 Å². The Bertz CT molecular complexity index is 1290. The van der Waals surface area contributed by atoms with Crippen LogP contribution in [0.15, 0.2) is 46.5 Å². The van der Waals surface area contributed by atoms with E-state index in [4.69, 9.17) is 4.74 Å². The molecule has 158 valence electrons. The summed E-state index contributed by atoms with van der Waals surface area (Å²) >= 11 is 1.41. The summed E-state index contributed by atoms with van der Waals surface area (Å²) in [7, 11) is 0. The molecule has 4 aromatic rings. The van der Waals surface area contributed by atoms with E-state index in [1.165, 1.54) is 17.8 Å². The van der Waals surface area contributed by atoms with E-state index in [9.17, 15) is 4.79 Å². The van der Waals surface area contributed by atoms with Gasteiger partial charge in [0.15, 0.2) is 5.16 Å². The molecule has 0 aliphatic rings. The van der Waals surface area contributed by atoms with Gasteiger partial charge in [0.25, 0.3) is 5.56 Å². The molecule has 0 radical (unpaired) electrons. The number of hydrogen-bond acceptors (Lipinski definition) is 9. The fraction of sp³-hybridized carbons (Fsp3) is 0.238. The monoisotopic (exact) mass is 435 g/mol. The van der Waals surface area contributed by atoms with Gasteiger partial charge in [0.2, 0.25) is 11.9 Å². The maximum absolute atomic E-state index is 12.1. The lowest BCUT2D eigenvalue weighted by atomic mass is 10.2. The number of thioether (sulfide) groups is 1. The highest BCUT2D eigenvalue weighted by atomic mass is 32.2. The van der Waals surface area contributed by atoms with Crippen LogP contribution in [0, 0.1) is 13.8 Å².